The Morgan fingerprint density at radius 2 is 1.48 bits per heavy atom. The smallest absolute Gasteiger partial charge is 0.221 e. The fraction of sp³-hybridized carbons (Fsp3) is 0.222. The number of carbonyl (C=O) groups is 2. The first kappa shape index (κ1) is 14.0. The first-order chi connectivity index (χ1) is 10.2. The van der Waals surface area contributed by atoms with Gasteiger partial charge in [0.1, 0.15) is 0 Å². The van der Waals surface area contributed by atoms with Crippen molar-refractivity contribution in [3.8, 4) is 0 Å². The molecule has 0 heterocycles. The van der Waals surface area contributed by atoms with Crippen LogP contribution in [0.2, 0.25) is 0 Å². The van der Waals surface area contributed by atoms with Gasteiger partial charge in [0, 0.05) is 17.9 Å². The molecule has 106 valence electrons. The number of benzene rings is 2. The largest absolute Gasteiger partial charge is 0.294 e. The zero-order valence-corrected chi connectivity index (χ0v) is 12.2. The molecule has 2 aromatic rings. The lowest BCUT2D eigenvalue weighted by Crippen LogP contribution is -2.04. The van der Waals surface area contributed by atoms with Crippen LogP contribution in [0, 0.1) is 11.8 Å². The van der Waals surface area contributed by atoms with E-state index >= 15 is 0 Å². The van der Waals surface area contributed by atoms with Crippen LogP contribution in [0.4, 0.5) is 0 Å². The molecule has 0 unspecified atom stereocenters. The molecule has 0 aromatic heterocycles. The van der Waals surface area contributed by atoms with Gasteiger partial charge in [-0.05, 0) is 29.0 Å². The predicted octanol–water partition coefficient (Wildman–Crippen LogP) is 4.05. The third-order valence-corrected chi connectivity index (χ3v) is 4.26. The van der Waals surface area contributed by atoms with Crippen LogP contribution in [0.5, 0.6) is 0 Å². The molecular weight excluding hydrogens is 284 g/mol. The van der Waals surface area contributed by atoms with Crippen molar-refractivity contribution in [2.75, 3.05) is 0 Å². The minimum atomic E-state index is -0.371. The van der Waals surface area contributed by atoms with Crippen LogP contribution in [0.15, 0.2) is 60.7 Å². The van der Waals surface area contributed by atoms with Gasteiger partial charge in [-0.15, -0.1) is 0 Å². The van der Waals surface area contributed by atoms with Crippen LogP contribution >= 0.6 is 11.6 Å². The molecular formula is C18H15ClO2. The molecule has 1 fully saturated rings. The number of rotatable bonds is 5. The van der Waals surface area contributed by atoms with Crippen LogP contribution in [0.3, 0.4) is 0 Å². The quantitative estimate of drug-likeness (QED) is 0.616. The molecule has 0 N–H and O–H groups in total. The van der Waals surface area contributed by atoms with E-state index in [1.165, 1.54) is 0 Å². The van der Waals surface area contributed by atoms with Gasteiger partial charge in [-0.1, -0.05) is 60.7 Å². The molecule has 0 spiro atoms. The summed E-state index contributed by atoms with van der Waals surface area (Å²) in [5.74, 6) is 0.0802. The second kappa shape index (κ2) is 5.82. The third kappa shape index (κ3) is 2.91. The van der Waals surface area contributed by atoms with Crippen LogP contribution in [0.1, 0.15) is 28.3 Å². The first-order valence-electron chi connectivity index (χ1n) is 7.01. The van der Waals surface area contributed by atoms with Crippen molar-refractivity contribution in [1.29, 1.82) is 0 Å². The van der Waals surface area contributed by atoms with E-state index in [2.05, 4.69) is 0 Å². The summed E-state index contributed by atoms with van der Waals surface area (Å²) in [5.41, 5.74) is 1.81. The van der Waals surface area contributed by atoms with Gasteiger partial charge in [0.15, 0.2) is 5.78 Å². The van der Waals surface area contributed by atoms with E-state index in [0.717, 1.165) is 5.56 Å². The summed E-state index contributed by atoms with van der Waals surface area (Å²) in [5, 5.41) is -0.371. The van der Waals surface area contributed by atoms with Gasteiger partial charge in [-0.2, -0.15) is 0 Å². The number of hydrogen-bond donors (Lipinski definition) is 0. The first-order valence-corrected chi connectivity index (χ1v) is 7.39. The lowest BCUT2D eigenvalue weighted by Gasteiger charge is -2.00. The van der Waals surface area contributed by atoms with Gasteiger partial charge in [0.05, 0.1) is 0 Å². The van der Waals surface area contributed by atoms with Crippen molar-refractivity contribution in [3.05, 3.63) is 71.8 Å². The normalized spacial score (nSPS) is 23.6. The second-order valence-corrected chi connectivity index (χ2v) is 5.84. The van der Waals surface area contributed by atoms with Gasteiger partial charge in [0.2, 0.25) is 5.24 Å². The highest BCUT2D eigenvalue weighted by atomic mass is 35.5. The van der Waals surface area contributed by atoms with Gasteiger partial charge in [-0.25, -0.2) is 0 Å². The van der Waals surface area contributed by atoms with Gasteiger partial charge in [-0.3, -0.25) is 9.59 Å². The summed E-state index contributed by atoms with van der Waals surface area (Å²) in [7, 11) is 0. The molecule has 1 saturated carbocycles. The molecule has 0 amide bonds. The SMILES string of the molecule is O=C(Cl)C[C@@H]1[C@@H](C(=O)c2ccccc2)[C@@H]1c1ccccc1. The molecule has 2 nitrogen and oxygen atoms in total. The highest BCUT2D eigenvalue weighted by Crippen LogP contribution is 2.57. The molecule has 0 radical (unpaired) electrons. The zero-order chi connectivity index (χ0) is 14.8. The summed E-state index contributed by atoms with van der Waals surface area (Å²) in [4.78, 5) is 23.9. The summed E-state index contributed by atoms with van der Waals surface area (Å²) < 4.78 is 0. The van der Waals surface area contributed by atoms with Crippen LogP contribution in [0.25, 0.3) is 0 Å². The van der Waals surface area contributed by atoms with Crippen molar-refractivity contribution in [1.82, 2.24) is 0 Å². The van der Waals surface area contributed by atoms with E-state index in [4.69, 9.17) is 11.6 Å². The molecule has 1 aliphatic carbocycles. The highest BCUT2D eigenvalue weighted by Gasteiger charge is 2.55. The standard InChI is InChI=1S/C18H15ClO2/c19-15(20)11-14-16(12-7-3-1-4-8-12)17(14)18(21)13-9-5-2-6-10-13/h1-10,14,16-17H,11H2/t14-,16+,17+/m0/s1. The third-order valence-electron chi connectivity index (χ3n) is 4.11. The molecule has 3 atom stereocenters. The fourth-order valence-electron chi connectivity index (χ4n) is 3.10. The number of halogens is 1. The van der Waals surface area contributed by atoms with Crippen molar-refractivity contribution in [2.24, 2.45) is 11.8 Å². The molecule has 1 aliphatic rings. The predicted molar refractivity (Wildman–Crippen MR) is 82.4 cm³/mol. The van der Waals surface area contributed by atoms with Crippen LogP contribution < -0.4 is 0 Å². The molecule has 0 bridgehead atoms. The minimum Gasteiger partial charge on any atom is -0.294 e. The maximum absolute atomic E-state index is 12.6. The van der Waals surface area contributed by atoms with E-state index in [1.54, 1.807) is 0 Å². The Bertz CT molecular complexity index is 651. The van der Waals surface area contributed by atoms with Crippen molar-refractivity contribution >= 4 is 22.6 Å². The van der Waals surface area contributed by atoms with E-state index in [9.17, 15) is 9.59 Å². The van der Waals surface area contributed by atoms with Crippen molar-refractivity contribution in [2.45, 2.75) is 12.3 Å². The Hall–Kier alpha value is -1.93. The van der Waals surface area contributed by atoms with Crippen LogP contribution in [-0.2, 0) is 4.79 Å². The van der Waals surface area contributed by atoms with E-state index in [0.29, 0.717) is 5.56 Å². The number of carbonyl (C=O) groups excluding carboxylic acids is 2. The maximum Gasteiger partial charge on any atom is 0.221 e. The summed E-state index contributed by atoms with van der Waals surface area (Å²) in [6.07, 6.45) is 0.254. The Balaban J connectivity index is 1.86. The van der Waals surface area contributed by atoms with Crippen LogP contribution in [-0.4, -0.2) is 11.0 Å². The van der Waals surface area contributed by atoms with Gasteiger partial charge < -0.3 is 0 Å². The van der Waals surface area contributed by atoms with Crippen molar-refractivity contribution in [3.63, 3.8) is 0 Å². The Morgan fingerprint density at radius 1 is 0.905 bits per heavy atom. The van der Waals surface area contributed by atoms with Gasteiger partial charge in [0.25, 0.3) is 0 Å². The fourth-order valence-corrected chi connectivity index (χ4v) is 3.27. The van der Waals surface area contributed by atoms with E-state index < -0.39 is 0 Å². The monoisotopic (exact) mass is 298 g/mol. The molecule has 3 heteroatoms. The Kier molecular flexibility index (Phi) is 3.89. The molecule has 0 saturated heterocycles. The maximum atomic E-state index is 12.6. The Labute approximate surface area is 128 Å². The highest BCUT2D eigenvalue weighted by molar-refractivity contribution is 6.63. The lowest BCUT2D eigenvalue weighted by atomic mass is 10.0. The summed E-state index contributed by atoms with van der Waals surface area (Å²) in [6, 6.07) is 19.1. The van der Waals surface area contributed by atoms with E-state index in [1.807, 2.05) is 60.7 Å². The molecule has 0 aliphatic heterocycles. The summed E-state index contributed by atoms with van der Waals surface area (Å²) >= 11 is 5.53. The average Bonchev–Trinajstić information content (AvgIpc) is 3.21. The molecule has 21 heavy (non-hydrogen) atoms. The minimum absolute atomic E-state index is 0.0186. The molecule has 3 rings (SSSR count). The van der Waals surface area contributed by atoms with E-state index in [-0.39, 0.29) is 35.2 Å². The lowest BCUT2D eigenvalue weighted by molar-refractivity contribution is -0.112. The Morgan fingerprint density at radius 3 is 2.05 bits per heavy atom. The van der Waals surface area contributed by atoms with Crippen molar-refractivity contribution < 1.29 is 9.59 Å². The number of hydrogen-bond acceptors (Lipinski definition) is 2. The van der Waals surface area contributed by atoms with Gasteiger partial charge >= 0.3 is 0 Å². The summed E-state index contributed by atoms with van der Waals surface area (Å²) in [6.45, 7) is 0. The number of ketones is 1. The number of Topliss-reactive ketones (excluding diaryl/α,β-unsaturated/α-hetero) is 1. The second-order valence-electron chi connectivity index (χ2n) is 5.42. The molecule has 2 aromatic carbocycles. The zero-order valence-electron chi connectivity index (χ0n) is 11.4. The average molecular weight is 299 g/mol. The topological polar surface area (TPSA) is 34.1 Å².